The lowest BCUT2D eigenvalue weighted by Gasteiger charge is -2.30. The molecule has 3 unspecified atom stereocenters. The van der Waals surface area contributed by atoms with Gasteiger partial charge in [-0.25, -0.2) is 0 Å². The Morgan fingerprint density at radius 3 is 2.05 bits per heavy atom. The fourth-order valence-corrected chi connectivity index (χ4v) is 9.50. The number of aromatic nitrogens is 1. The molecule has 56 heavy (non-hydrogen) atoms. The number of nitrogens with zero attached hydrogens (tertiary/aromatic N) is 2. The van der Waals surface area contributed by atoms with Crippen molar-refractivity contribution < 1.29 is 0 Å². The molecule has 2 heteroatoms. The summed E-state index contributed by atoms with van der Waals surface area (Å²) < 4.78 is 2.40. The molecular formula is C54H40N2. The van der Waals surface area contributed by atoms with Crippen LogP contribution in [0.5, 0.6) is 0 Å². The highest BCUT2D eigenvalue weighted by molar-refractivity contribution is 6.10. The quantitative estimate of drug-likeness (QED) is 0.166. The molecule has 0 fully saturated rings. The van der Waals surface area contributed by atoms with E-state index in [1.165, 1.54) is 83.4 Å². The van der Waals surface area contributed by atoms with Crippen molar-refractivity contribution in [3.05, 3.63) is 235 Å². The molecule has 11 rings (SSSR count). The van der Waals surface area contributed by atoms with E-state index < -0.39 is 0 Å². The largest absolute Gasteiger partial charge is 0.333 e. The highest BCUT2D eigenvalue weighted by atomic mass is 15.2. The molecule has 0 N–H and O–H groups in total. The van der Waals surface area contributed by atoms with Crippen LogP contribution in [0.15, 0.2) is 212 Å². The van der Waals surface area contributed by atoms with Crippen LogP contribution >= 0.6 is 0 Å². The van der Waals surface area contributed by atoms with Crippen LogP contribution in [0.25, 0.3) is 49.8 Å². The number of para-hydroxylation sites is 3. The highest BCUT2D eigenvalue weighted by Gasteiger charge is 2.39. The molecule has 3 aliphatic rings. The van der Waals surface area contributed by atoms with E-state index in [1.807, 2.05) is 0 Å². The zero-order valence-corrected chi connectivity index (χ0v) is 31.0. The van der Waals surface area contributed by atoms with Gasteiger partial charge in [0, 0.05) is 39.5 Å². The Balaban J connectivity index is 1.06. The molecule has 8 aromatic rings. The molecule has 0 spiro atoms. The average Bonchev–Trinajstić information content (AvgIpc) is 3.80. The third-order valence-electron chi connectivity index (χ3n) is 12.0. The van der Waals surface area contributed by atoms with E-state index in [0.717, 1.165) is 6.42 Å². The Morgan fingerprint density at radius 1 is 0.500 bits per heavy atom. The van der Waals surface area contributed by atoms with Crippen molar-refractivity contribution in [1.29, 1.82) is 0 Å². The lowest BCUT2D eigenvalue weighted by atomic mass is 9.81. The lowest BCUT2D eigenvalue weighted by Crippen LogP contribution is -2.28. The van der Waals surface area contributed by atoms with Gasteiger partial charge in [0.1, 0.15) is 0 Å². The van der Waals surface area contributed by atoms with Gasteiger partial charge in [-0.2, -0.15) is 0 Å². The lowest BCUT2D eigenvalue weighted by molar-refractivity contribution is 0.745. The standard InChI is InChI=1S/C54H40N2/c1-4-16-37(17-5-1)41-33-42(38-18-6-2-7-19-38)35-43(34-41)39-20-14-21-40(32-39)46-26-15-27-49-47-24-10-13-29-52(47)56(54(46)49)45-30-31-53-50(36-45)48-25-11-12-28-51(48)55(53)44-22-8-3-9-23-44/h1-32,34-36,41,47,52H,33H2. The van der Waals surface area contributed by atoms with E-state index in [1.54, 1.807) is 0 Å². The summed E-state index contributed by atoms with van der Waals surface area (Å²) >= 11 is 0. The normalized spacial score (nSPS) is 18.5. The van der Waals surface area contributed by atoms with Crippen molar-refractivity contribution in [2.75, 3.05) is 4.90 Å². The predicted octanol–water partition coefficient (Wildman–Crippen LogP) is 13.8. The molecule has 0 amide bonds. The molecule has 2 aliphatic carbocycles. The molecule has 0 radical (unpaired) electrons. The summed E-state index contributed by atoms with van der Waals surface area (Å²) in [4.78, 5) is 2.61. The zero-order valence-electron chi connectivity index (χ0n) is 31.0. The number of fused-ring (bicyclic) bond motifs is 6. The molecule has 1 aliphatic heterocycles. The average molecular weight is 717 g/mol. The maximum absolute atomic E-state index is 2.61. The van der Waals surface area contributed by atoms with Crippen LogP contribution in [0.1, 0.15) is 40.5 Å². The van der Waals surface area contributed by atoms with Gasteiger partial charge in [-0.15, -0.1) is 0 Å². The minimum absolute atomic E-state index is 0.184. The van der Waals surface area contributed by atoms with Gasteiger partial charge < -0.3 is 9.47 Å². The maximum atomic E-state index is 2.61. The second-order valence-electron chi connectivity index (χ2n) is 15.2. The minimum atomic E-state index is 0.184. The first-order valence-electron chi connectivity index (χ1n) is 19.8. The smallest absolute Gasteiger partial charge is 0.0629 e. The van der Waals surface area contributed by atoms with Gasteiger partial charge in [0.2, 0.25) is 0 Å². The maximum Gasteiger partial charge on any atom is 0.0629 e. The van der Waals surface area contributed by atoms with Crippen molar-refractivity contribution in [2.24, 2.45) is 0 Å². The molecule has 0 saturated heterocycles. The van der Waals surface area contributed by atoms with Crippen molar-refractivity contribution >= 4 is 44.3 Å². The van der Waals surface area contributed by atoms with Crippen LogP contribution in [0.2, 0.25) is 0 Å². The summed E-state index contributed by atoms with van der Waals surface area (Å²) in [5.41, 5.74) is 16.5. The van der Waals surface area contributed by atoms with Gasteiger partial charge in [-0.05, 0) is 87.8 Å². The van der Waals surface area contributed by atoms with E-state index in [0.29, 0.717) is 5.92 Å². The van der Waals surface area contributed by atoms with Crippen LogP contribution in [-0.2, 0) is 0 Å². The fourth-order valence-electron chi connectivity index (χ4n) is 9.50. The highest BCUT2D eigenvalue weighted by Crippen LogP contribution is 2.52. The molecule has 1 aromatic heterocycles. The summed E-state index contributed by atoms with van der Waals surface area (Å²) in [7, 11) is 0. The second-order valence-corrected chi connectivity index (χ2v) is 15.2. The first-order chi connectivity index (χ1) is 27.8. The molecule has 3 atom stereocenters. The third kappa shape index (κ3) is 5.40. The number of rotatable bonds is 6. The molecule has 0 bridgehead atoms. The first-order valence-corrected chi connectivity index (χ1v) is 19.8. The third-order valence-corrected chi connectivity index (χ3v) is 12.0. The zero-order chi connectivity index (χ0) is 37.0. The Labute approximate surface area is 328 Å². The minimum Gasteiger partial charge on any atom is -0.333 e. The number of hydrogen-bond acceptors (Lipinski definition) is 1. The van der Waals surface area contributed by atoms with E-state index in [4.69, 9.17) is 0 Å². The Bertz CT molecular complexity index is 2890. The monoisotopic (exact) mass is 716 g/mol. The molecule has 266 valence electrons. The summed E-state index contributed by atoms with van der Waals surface area (Å²) in [6.45, 7) is 0. The van der Waals surface area contributed by atoms with Gasteiger partial charge in [-0.1, -0.05) is 170 Å². The number of hydrogen-bond donors (Lipinski definition) is 0. The summed E-state index contributed by atoms with van der Waals surface area (Å²) in [5, 5.41) is 2.53. The summed E-state index contributed by atoms with van der Waals surface area (Å²) in [5.74, 6) is 0.569. The van der Waals surface area contributed by atoms with E-state index in [-0.39, 0.29) is 12.0 Å². The van der Waals surface area contributed by atoms with Crippen molar-refractivity contribution in [3.8, 4) is 16.8 Å². The molecule has 7 aromatic carbocycles. The summed E-state index contributed by atoms with van der Waals surface area (Å²) in [6.07, 6.45) is 15.1. The van der Waals surface area contributed by atoms with Crippen molar-refractivity contribution in [1.82, 2.24) is 4.57 Å². The first kappa shape index (κ1) is 32.5. The summed E-state index contributed by atoms with van der Waals surface area (Å²) in [6, 6.07) is 64.8. The fraction of sp³-hybridized carbons (Fsp3) is 0.0741. The molecular weight excluding hydrogens is 677 g/mol. The topological polar surface area (TPSA) is 8.17 Å². The van der Waals surface area contributed by atoms with Crippen LogP contribution in [0.3, 0.4) is 0 Å². The molecule has 2 heterocycles. The molecule has 2 nitrogen and oxygen atoms in total. The van der Waals surface area contributed by atoms with Crippen LogP contribution < -0.4 is 4.90 Å². The SMILES string of the molecule is C1=CC2c3cccc(-c4cccc(C5=CC(c6ccccc6)CC(c6ccccc6)=C5)c4)c3N(c3ccc4c(c3)c3ccccc3n4-c3ccccc3)C2C=C1. The Morgan fingerprint density at radius 2 is 1.20 bits per heavy atom. The van der Waals surface area contributed by atoms with E-state index in [9.17, 15) is 0 Å². The van der Waals surface area contributed by atoms with Gasteiger partial charge in [0.25, 0.3) is 0 Å². The number of benzene rings is 7. The van der Waals surface area contributed by atoms with Gasteiger partial charge in [-0.3, -0.25) is 0 Å². The van der Waals surface area contributed by atoms with Gasteiger partial charge in [0.05, 0.1) is 22.8 Å². The van der Waals surface area contributed by atoms with Crippen molar-refractivity contribution in [3.63, 3.8) is 0 Å². The van der Waals surface area contributed by atoms with Crippen LogP contribution in [0.4, 0.5) is 11.4 Å². The van der Waals surface area contributed by atoms with E-state index >= 15 is 0 Å². The second kappa shape index (κ2) is 13.4. The molecule has 0 saturated carbocycles. The van der Waals surface area contributed by atoms with E-state index in [2.05, 4.69) is 222 Å². The number of anilines is 2. The van der Waals surface area contributed by atoms with Gasteiger partial charge >= 0.3 is 0 Å². The number of allylic oxidation sites excluding steroid dienone is 6. The van der Waals surface area contributed by atoms with Crippen LogP contribution in [-0.4, -0.2) is 10.6 Å². The Hall–Kier alpha value is -6.90. The van der Waals surface area contributed by atoms with Gasteiger partial charge in [0.15, 0.2) is 0 Å². The Kier molecular flexibility index (Phi) is 7.81. The predicted molar refractivity (Wildman–Crippen MR) is 236 cm³/mol. The van der Waals surface area contributed by atoms with Crippen molar-refractivity contribution in [2.45, 2.75) is 24.3 Å². The van der Waals surface area contributed by atoms with Crippen LogP contribution in [0, 0.1) is 0 Å².